The lowest BCUT2D eigenvalue weighted by molar-refractivity contribution is -0.385. The molecule has 5 nitrogen and oxygen atoms in total. The molecule has 0 atom stereocenters. The van der Waals surface area contributed by atoms with E-state index >= 15 is 0 Å². The standard InChI is InChI=1S/C14H9NO4/c16-15(17)13-8-7-12-11-14(13)19-10-6-4-2-1-3-5-9-18-12/h1-2,7-8,11H,9-10H2/b2-1-. The molecule has 2 rings (SSSR count). The van der Waals surface area contributed by atoms with Gasteiger partial charge in [0.25, 0.3) is 0 Å². The number of nitrogens with zero attached hydrogens (tertiary/aromatic N) is 1. The van der Waals surface area contributed by atoms with Crippen LogP contribution < -0.4 is 9.47 Å². The molecule has 0 saturated heterocycles. The third kappa shape index (κ3) is 3.52. The molecule has 1 aromatic rings. The van der Waals surface area contributed by atoms with E-state index in [-0.39, 0.29) is 24.7 Å². The first-order chi connectivity index (χ1) is 9.27. The first-order valence-electron chi connectivity index (χ1n) is 5.43. The summed E-state index contributed by atoms with van der Waals surface area (Å²) in [5, 5.41) is 10.9. The molecular weight excluding hydrogens is 246 g/mol. The van der Waals surface area contributed by atoms with Crippen LogP contribution in [0.15, 0.2) is 30.4 Å². The second kappa shape index (κ2) is 6.13. The van der Waals surface area contributed by atoms with Crippen molar-refractivity contribution in [2.75, 3.05) is 13.2 Å². The summed E-state index contributed by atoms with van der Waals surface area (Å²) < 4.78 is 10.6. The van der Waals surface area contributed by atoms with Gasteiger partial charge in [0, 0.05) is 12.1 Å². The number of nitro groups is 1. The number of nitro benzene ring substituents is 1. The van der Waals surface area contributed by atoms with E-state index in [4.69, 9.17) is 9.47 Å². The molecule has 0 spiro atoms. The quantitative estimate of drug-likeness (QED) is 0.437. The lowest BCUT2D eigenvalue weighted by Crippen LogP contribution is -2.00. The monoisotopic (exact) mass is 255 g/mol. The van der Waals surface area contributed by atoms with Crippen molar-refractivity contribution in [2.45, 2.75) is 0 Å². The van der Waals surface area contributed by atoms with Gasteiger partial charge in [-0.1, -0.05) is 23.7 Å². The van der Waals surface area contributed by atoms with Gasteiger partial charge in [-0.15, -0.1) is 0 Å². The highest BCUT2D eigenvalue weighted by Crippen LogP contribution is 2.31. The van der Waals surface area contributed by atoms with Gasteiger partial charge in [-0.25, -0.2) is 0 Å². The number of hydrogen-bond donors (Lipinski definition) is 0. The van der Waals surface area contributed by atoms with Crippen LogP contribution in [0.5, 0.6) is 11.5 Å². The molecule has 0 unspecified atom stereocenters. The van der Waals surface area contributed by atoms with Gasteiger partial charge >= 0.3 is 5.69 Å². The normalized spacial score (nSPS) is 14.5. The highest BCUT2D eigenvalue weighted by molar-refractivity contribution is 5.50. The van der Waals surface area contributed by atoms with Crippen LogP contribution in [0.25, 0.3) is 0 Å². The summed E-state index contributed by atoms with van der Waals surface area (Å²) in [7, 11) is 0. The number of ether oxygens (including phenoxy) is 2. The molecule has 1 aliphatic rings. The molecule has 0 fully saturated rings. The summed E-state index contributed by atoms with van der Waals surface area (Å²) in [5.74, 6) is 11.5. The van der Waals surface area contributed by atoms with Crippen LogP contribution in [0.3, 0.4) is 0 Å². The predicted molar refractivity (Wildman–Crippen MR) is 68.8 cm³/mol. The van der Waals surface area contributed by atoms with Gasteiger partial charge < -0.3 is 9.47 Å². The zero-order valence-corrected chi connectivity index (χ0v) is 9.88. The molecule has 5 heteroatoms. The summed E-state index contributed by atoms with van der Waals surface area (Å²) in [6, 6.07) is 4.31. The zero-order chi connectivity index (χ0) is 13.5. The number of rotatable bonds is 1. The number of fused-ring (bicyclic) bond motifs is 2. The first-order valence-corrected chi connectivity index (χ1v) is 5.43. The lowest BCUT2D eigenvalue weighted by Gasteiger charge is -2.06. The Hall–Kier alpha value is -2.92. The SMILES string of the molecule is O=[N+]([O-])c1ccc2cc1OCC#C/C=C\C#CCO2. The molecule has 0 amide bonds. The van der Waals surface area contributed by atoms with Crippen molar-refractivity contribution >= 4 is 5.69 Å². The minimum Gasteiger partial charge on any atom is -0.481 e. The topological polar surface area (TPSA) is 61.6 Å². The van der Waals surface area contributed by atoms with Crippen LogP contribution in [0.1, 0.15) is 0 Å². The fourth-order valence-electron chi connectivity index (χ4n) is 1.37. The summed E-state index contributed by atoms with van der Waals surface area (Å²) in [5.41, 5.74) is -0.120. The fraction of sp³-hybridized carbons (Fsp3) is 0.143. The molecule has 94 valence electrons. The molecule has 2 bridgehead atoms. The predicted octanol–water partition coefficient (Wildman–Crippen LogP) is 1.93. The van der Waals surface area contributed by atoms with Crippen molar-refractivity contribution in [1.29, 1.82) is 0 Å². The molecule has 1 aliphatic heterocycles. The maximum absolute atomic E-state index is 10.9. The van der Waals surface area contributed by atoms with E-state index in [0.717, 1.165) is 0 Å². The van der Waals surface area contributed by atoms with Gasteiger partial charge in [0.05, 0.1) is 4.92 Å². The van der Waals surface area contributed by atoms with Crippen LogP contribution in [-0.4, -0.2) is 18.1 Å². The second-order valence-corrected chi connectivity index (χ2v) is 3.44. The van der Waals surface area contributed by atoms with Crippen LogP contribution >= 0.6 is 0 Å². The fourth-order valence-corrected chi connectivity index (χ4v) is 1.37. The number of benzene rings is 1. The Morgan fingerprint density at radius 3 is 2.47 bits per heavy atom. The van der Waals surface area contributed by atoms with E-state index in [1.165, 1.54) is 18.2 Å². The average Bonchev–Trinajstić information content (AvgIpc) is 2.41. The van der Waals surface area contributed by atoms with E-state index < -0.39 is 4.92 Å². The third-order valence-corrected chi connectivity index (χ3v) is 2.19. The zero-order valence-electron chi connectivity index (χ0n) is 9.88. The summed E-state index contributed by atoms with van der Waals surface area (Å²) in [6.45, 7) is 0.247. The highest BCUT2D eigenvalue weighted by atomic mass is 16.6. The molecule has 0 N–H and O–H groups in total. The Morgan fingerprint density at radius 2 is 1.79 bits per heavy atom. The van der Waals surface area contributed by atoms with E-state index in [1.54, 1.807) is 12.2 Å². The summed E-state index contributed by atoms with van der Waals surface area (Å²) in [4.78, 5) is 10.4. The van der Waals surface area contributed by atoms with Crippen molar-refractivity contribution < 1.29 is 14.4 Å². The number of hydrogen-bond acceptors (Lipinski definition) is 4. The molecule has 0 radical (unpaired) electrons. The number of allylic oxidation sites excluding steroid dienone is 2. The minimum absolute atomic E-state index is 0.0576. The molecule has 1 aromatic carbocycles. The smallest absolute Gasteiger partial charge is 0.311 e. The van der Waals surface area contributed by atoms with Crippen molar-refractivity contribution in [3.8, 4) is 35.2 Å². The molecule has 0 aliphatic carbocycles. The van der Waals surface area contributed by atoms with Gasteiger partial charge in [0.15, 0.2) is 0 Å². The van der Waals surface area contributed by atoms with E-state index in [9.17, 15) is 10.1 Å². The van der Waals surface area contributed by atoms with Crippen molar-refractivity contribution in [1.82, 2.24) is 0 Å². The largest absolute Gasteiger partial charge is 0.481 e. The Bertz CT molecular complexity index is 641. The highest BCUT2D eigenvalue weighted by Gasteiger charge is 2.15. The summed E-state index contributed by atoms with van der Waals surface area (Å²) in [6.07, 6.45) is 3.19. The van der Waals surface area contributed by atoms with Crippen LogP contribution in [0, 0.1) is 33.8 Å². The van der Waals surface area contributed by atoms with Gasteiger partial charge in [-0.2, -0.15) is 0 Å². The van der Waals surface area contributed by atoms with Gasteiger partial charge in [0.1, 0.15) is 19.0 Å². The molecule has 0 saturated carbocycles. The summed E-state index contributed by atoms with van der Waals surface area (Å²) >= 11 is 0. The van der Waals surface area contributed by atoms with Gasteiger partial charge in [0.2, 0.25) is 5.75 Å². The van der Waals surface area contributed by atoms with Crippen molar-refractivity contribution in [3.63, 3.8) is 0 Å². The Kier molecular flexibility index (Phi) is 4.05. The molecule has 0 aromatic heterocycles. The Balaban J connectivity index is 2.33. The minimum atomic E-state index is -0.510. The lowest BCUT2D eigenvalue weighted by atomic mass is 10.3. The van der Waals surface area contributed by atoms with E-state index in [0.29, 0.717) is 5.75 Å². The molecular formula is C14H9NO4. The van der Waals surface area contributed by atoms with Crippen molar-refractivity contribution in [3.05, 3.63) is 40.5 Å². The Morgan fingerprint density at radius 1 is 1.11 bits per heavy atom. The van der Waals surface area contributed by atoms with Crippen LogP contribution in [0.2, 0.25) is 0 Å². The first kappa shape index (κ1) is 12.5. The van der Waals surface area contributed by atoms with Crippen LogP contribution in [-0.2, 0) is 0 Å². The van der Waals surface area contributed by atoms with E-state index in [1.807, 2.05) is 0 Å². The Labute approximate surface area is 110 Å². The van der Waals surface area contributed by atoms with Crippen LogP contribution in [0.4, 0.5) is 5.69 Å². The maximum Gasteiger partial charge on any atom is 0.311 e. The van der Waals surface area contributed by atoms with Gasteiger partial charge in [-0.3, -0.25) is 10.1 Å². The molecule has 19 heavy (non-hydrogen) atoms. The average molecular weight is 255 g/mol. The third-order valence-electron chi connectivity index (χ3n) is 2.19. The second-order valence-electron chi connectivity index (χ2n) is 3.44. The van der Waals surface area contributed by atoms with Gasteiger partial charge in [-0.05, 0) is 18.2 Å². The van der Waals surface area contributed by atoms with Crippen molar-refractivity contribution in [2.24, 2.45) is 0 Å². The maximum atomic E-state index is 10.9. The molecule has 1 heterocycles. The van der Waals surface area contributed by atoms with E-state index in [2.05, 4.69) is 23.7 Å².